The summed E-state index contributed by atoms with van der Waals surface area (Å²) in [7, 11) is 0. The van der Waals surface area contributed by atoms with E-state index < -0.39 is 6.61 Å². The topological polar surface area (TPSA) is 76.6 Å². The minimum Gasteiger partial charge on any atom is -0.415 e. The van der Waals surface area contributed by atoms with Gasteiger partial charge in [-0.05, 0) is 31.0 Å². The Balaban J connectivity index is 1.87. The lowest BCUT2D eigenvalue weighted by Gasteiger charge is -2.08. The van der Waals surface area contributed by atoms with Crippen LogP contribution in [-0.4, -0.2) is 26.4 Å². The van der Waals surface area contributed by atoms with Crippen molar-refractivity contribution in [1.82, 2.24) is 19.7 Å². The quantitative estimate of drug-likeness (QED) is 0.735. The van der Waals surface area contributed by atoms with Gasteiger partial charge >= 0.3 is 6.61 Å². The van der Waals surface area contributed by atoms with Crippen molar-refractivity contribution in [1.29, 1.82) is 5.26 Å². The highest BCUT2D eigenvalue weighted by molar-refractivity contribution is 5.82. The van der Waals surface area contributed by atoms with E-state index in [2.05, 4.69) is 26.0 Å². The number of benzene rings is 1. The van der Waals surface area contributed by atoms with E-state index in [0.29, 0.717) is 17.0 Å². The zero-order chi connectivity index (χ0) is 16.7. The molecule has 0 spiro atoms. The average Bonchev–Trinajstić information content (AvgIpc) is 3.34. The lowest BCUT2D eigenvalue weighted by molar-refractivity contribution is -0.0533. The molecule has 4 rings (SSSR count). The van der Waals surface area contributed by atoms with Gasteiger partial charge in [-0.25, -0.2) is 4.98 Å². The van der Waals surface area contributed by atoms with Crippen LogP contribution in [0.4, 0.5) is 8.78 Å². The van der Waals surface area contributed by atoms with Crippen molar-refractivity contribution in [2.24, 2.45) is 0 Å². The highest BCUT2D eigenvalue weighted by Gasteiger charge is 2.29. The molecule has 2 aromatic heterocycles. The van der Waals surface area contributed by atoms with Crippen LogP contribution in [0, 0.1) is 11.3 Å². The number of fused-ring (bicyclic) bond motifs is 1. The smallest absolute Gasteiger partial charge is 0.388 e. The van der Waals surface area contributed by atoms with Crippen LogP contribution in [0.5, 0.6) is 5.88 Å². The molecule has 8 heteroatoms. The summed E-state index contributed by atoms with van der Waals surface area (Å²) in [4.78, 5) is 4.58. The van der Waals surface area contributed by atoms with Gasteiger partial charge in [0.15, 0.2) is 0 Å². The number of aromatic nitrogens is 4. The molecule has 0 amide bonds. The number of ether oxygens (including phenoxy) is 1. The Morgan fingerprint density at radius 2 is 2.12 bits per heavy atom. The number of imidazole rings is 1. The summed E-state index contributed by atoms with van der Waals surface area (Å²) in [5.74, 6) is 0.353. The molecule has 2 heterocycles. The first-order valence-electron chi connectivity index (χ1n) is 7.35. The van der Waals surface area contributed by atoms with Crippen LogP contribution in [0.15, 0.2) is 30.5 Å². The third-order valence-corrected chi connectivity index (χ3v) is 3.83. The molecule has 24 heavy (non-hydrogen) atoms. The van der Waals surface area contributed by atoms with Gasteiger partial charge in [-0.15, -0.1) is 5.10 Å². The van der Waals surface area contributed by atoms with E-state index in [9.17, 15) is 8.78 Å². The van der Waals surface area contributed by atoms with Crippen molar-refractivity contribution < 1.29 is 13.5 Å². The molecular formula is C16H11F2N5O. The van der Waals surface area contributed by atoms with Gasteiger partial charge in [-0.2, -0.15) is 19.1 Å². The molecular weight excluding hydrogens is 316 g/mol. The predicted molar refractivity (Wildman–Crippen MR) is 80.4 cm³/mol. The second-order valence-corrected chi connectivity index (χ2v) is 5.51. The van der Waals surface area contributed by atoms with Gasteiger partial charge < -0.3 is 9.30 Å². The maximum absolute atomic E-state index is 12.4. The maximum atomic E-state index is 12.4. The predicted octanol–water partition coefficient (Wildman–Crippen LogP) is 3.30. The molecule has 0 N–H and O–H groups in total. The lowest BCUT2D eigenvalue weighted by Crippen LogP contribution is -2.05. The average molecular weight is 327 g/mol. The molecule has 1 aliphatic rings. The van der Waals surface area contributed by atoms with E-state index in [1.165, 1.54) is 12.3 Å². The second-order valence-electron chi connectivity index (χ2n) is 5.51. The Morgan fingerprint density at radius 1 is 1.29 bits per heavy atom. The van der Waals surface area contributed by atoms with Crippen molar-refractivity contribution in [2.45, 2.75) is 25.5 Å². The van der Waals surface area contributed by atoms with Crippen LogP contribution in [0.2, 0.25) is 0 Å². The summed E-state index contributed by atoms with van der Waals surface area (Å²) < 4.78 is 31.1. The van der Waals surface area contributed by atoms with Crippen molar-refractivity contribution in [3.05, 3.63) is 36.0 Å². The molecule has 3 aromatic rings. The Morgan fingerprint density at radius 3 is 2.83 bits per heavy atom. The zero-order valence-electron chi connectivity index (χ0n) is 12.4. The van der Waals surface area contributed by atoms with E-state index in [0.717, 1.165) is 23.9 Å². The summed E-state index contributed by atoms with van der Waals surface area (Å²) in [6.45, 7) is -2.96. The van der Waals surface area contributed by atoms with E-state index in [1.807, 2.05) is 4.57 Å². The van der Waals surface area contributed by atoms with Gasteiger partial charge in [0, 0.05) is 17.7 Å². The van der Waals surface area contributed by atoms with Crippen LogP contribution in [-0.2, 0) is 0 Å². The molecule has 0 aliphatic heterocycles. The number of hydrogen-bond acceptors (Lipinski definition) is 5. The Kier molecular flexibility index (Phi) is 3.34. The molecule has 1 aromatic carbocycles. The molecule has 1 aliphatic carbocycles. The fourth-order valence-corrected chi connectivity index (χ4v) is 2.69. The Labute approximate surface area is 135 Å². The van der Waals surface area contributed by atoms with Crippen molar-refractivity contribution in [3.8, 4) is 23.3 Å². The van der Waals surface area contributed by atoms with E-state index in [-0.39, 0.29) is 11.9 Å². The van der Waals surface area contributed by atoms with E-state index in [4.69, 9.17) is 5.26 Å². The van der Waals surface area contributed by atoms with Gasteiger partial charge in [0.05, 0.1) is 28.9 Å². The van der Waals surface area contributed by atoms with Gasteiger partial charge in [0.25, 0.3) is 0 Å². The fourth-order valence-electron chi connectivity index (χ4n) is 2.69. The monoisotopic (exact) mass is 327 g/mol. The Hall–Kier alpha value is -3.08. The van der Waals surface area contributed by atoms with E-state index >= 15 is 0 Å². The highest BCUT2D eigenvalue weighted by atomic mass is 19.3. The van der Waals surface area contributed by atoms with Gasteiger partial charge in [0.1, 0.15) is 5.82 Å². The summed E-state index contributed by atoms with van der Waals surface area (Å²) in [5, 5.41) is 16.4. The molecule has 120 valence electrons. The second kappa shape index (κ2) is 5.53. The summed E-state index contributed by atoms with van der Waals surface area (Å²) in [6, 6.07) is 9.06. The summed E-state index contributed by atoms with van der Waals surface area (Å²) >= 11 is 0. The fraction of sp³-hybridized carbons (Fsp3) is 0.250. The molecule has 0 radical (unpaired) electrons. The highest BCUT2D eigenvalue weighted by Crippen LogP contribution is 2.41. The third kappa shape index (κ3) is 2.54. The van der Waals surface area contributed by atoms with Crippen molar-refractivity contribution >= 4 is 11.0 Å². The number of alkyl halides is 2. The van der Waals surface area contributed by atoms with Crippen LogP contribution in [0.1, 0.15) is 24.4 Å². The molecule has 6 nitrogen and oxygen atoms in total. The summed E-state index contributed by atoms with van der Waals surface area (Å²) in [6.07, 6.45) is 3.48. The Bertz CT molecular complexity index is 959. The molecule has 0 saturated heterocycles. The third-order valence-electron chi connectivity index (χ3n) is 3.83. The number of nitriles is 1. The van der Waals surface area contributed by atoms with Crippen molar-refractivity contribution in [3.63, 3.8) is 0 Å². The normalized spacial score (nSPS) is 14.1. The largest absolute Gasteiger partial charge is 0.415 e. The number of halogens is 2. The molecule has 0 unspecified atom stereocenters. The van der Waals surface area contributed by atoms with Gasteiger partial charge in [0.2, 0.25) is 5.88 Å². The van der Waals surface area contributed by atoms with Crippen molar-refractivity contribution in [2.75, 3.05) is 0 Å². The minimum atomic E-state index is -2.96. The van der Waals surface area contributed by atoms with Crippen LogP contribution < -0.4 is 4.74 Å². The molecule has 0 atom stereocenters. The zero-order valence-corrected chi connectivity index (χ0v) is 12.4. The van der Waals surface area contributed by atoms with Crippen LogP contribution >= 0.6 is 0 Å². The first-order valence-corrected chi connectivity index (χ1v) is 7.35. The molecule has 1 saturated carbocycles. The van der Waals surface area contributed by atoms with Gasteiger partial charge in [-0.3, -0.25) is 0 Å². The first kappa shape index (κ1) is 14.5. The maximum Gasteiger partial charge on any atom is 0.388 e. The van der Waals surface area contributed by atoms with E-state index in [1.54, 1.807) is 18.2 Å². The van der Waals surface area contributed by atoms with Crippen LogP contribution in [0.3, 0.4) is 0 Å². The SMILES string of the molecule is N#Cc1ccc2nc(-c3cnnc(OC(F)F)c3)n(C3CC3)c2c1. The number of rotatable bonds is 4. The molecule has 1 fully saturated rings. The number of hydrogen-bond donors (Lipinski definition) is 0. The minimum absolute atomic E-state index is 0.255. The van der Waals surface area contributed by atoms with Crippen LogP contribution in [0.25, 0.3) is 22.4 Å². The lowest BCUT2D eigenvalue weighted by atomic mass is 10.2. The molecule has 0 bridgehead atoms. The number of nitrogens with zero attached hydrogens (tertiary/aromatic N) is 5. The van der Waals surface area contributed by atoms with Gasteiger partial charge in [-0.1, -0.05) is 0 Å². The summed E-state index contributed by atoms with van der Waals surface area (Å²) in [5.41, 5.74) is 2.68. The standard InChI is InChI=1S/C16H11F2N5O/c17-16(18)24-14-6-10(8-20-22-14)15-21-12-4-1-9(7-19)5-13(12)23(15)11-2-3-11/h1,4-6,8,11,16H,2-3H2. The first-order chi connectivity index (χ1) is 11.7.